The zero-order valence-corrected chi connectivity index (χ0v) is 33.5. The summed E-state index contributed by atoms with van der Waals surface area (Å²) in [4.78, 5) is 41.9. The molecule has 0 saturated carbocycles. The van der Waals surface area contributed by atoms with Crippen LogP contribution in [0.2, 0.25) is 0 Å². The average Bonchev–Trinajstić information content (AvgIpc) is 3.14. The molecular formula is C42H47N5O9S. The number of amides is 2. The number of fused-ring (bicyclic) bond motifs is 1. The summed E-state index contributed by atoms with van der Waals surface area (Å²) in [7, 11) is -0.767. The maximum atomic E-state index is 13.5. The molecule has 2 amide bonds. The number of anilines is 3. The Kier molecular flexibility index (Phi) is 13.1. The molecule has 0 aliphatic carbocycles. The van der Waals surface area contributed by atoms with Crippen molar-refractivity contribution in [2.45, 2.75) is 57.9 Å². The van der Waals surface area contributed by atoms with Crippen molar-refractivity contribution < 1.29 is 42.1 Å². The van der Waals surface area contributed by atoms with E-state index < -0.39 is 28.1 Å². The number of benzene rings is 4. The van der Waals surface area contributed by atoms with Crippen LogP contribution < -0.4 is 35.3 Å². The van der Waals surface area contributed by atoms with Gasteiger partial charge in [0.1, 0.15) is 23.3 Å². The van der Waals surface area contributed by atoms with E-state index in [1.165, 1.54) is 14.2 Å². The summed E-state index contributed by atoms with van der Waals surface area (Å²) in [6, 6.07) is 21.7. The van der Waals surface area contributed by atoms with Crippen LogP contribution in [0, 0.1) is 0 Å². The molecule has 0 unspecified atom stereocenters. The second-order valence-electron chi connectivity index (χ2n) is 14.5. The Labute approximate surface area is 331 Å². The molecule has 0 fully saturated rings. The minimum atomic E-state index is -3.65. The van der Waals surface area contributed by atoms with Gasteiger partial charge in [-0.25, -0.2) is 13.2 Å². The zero-order valence-electron chi connectivity index (χ0n) is 32.6. The molecule has 1 atom stereocenters. The molecule has 14 nitrogen and oxygen atoms in total. The van der Waals surface area contributed by atoms with E-state index in [1.54, 1.807) is 48.7 Å². The number of nitrogens with two attached hydrogens (primary N) is 1. The number of carbonyl (C=O) groups is 3. The third-order valence-electron chi connectivity index (χ3n) is 9.04. The molecule has 300 valence electrons. The number of carboxylic acids is 1. The van der Waals surface area contributed by atoms with Gasteiger partial charge >= 0.3 is 12.0 Å². The molecular weight excluding hydrogens is 751 g/mol. The number of pyridine rings is 1. The minimum Gasteiger partial charge on any atom is -0.496 e. The van der Waals surface area contributed by atoms with Crippen molar-refractivity contribution in [3.8, 4) is 23.0 Å². The maximum Gasteiger partial charge on any atom is 0.323 e. The topological polar surface area (TPSA) is 208 Å². The van der Waals surface area contributed by atoms with Crippen molar-refractivity contribution in [3.63, 3.8) is 0 Å². The Balaban J connectivity index is 1.32. The van der Waals surface area contributed by atoms with Crippen molar-refractivity contribution in [2.75, 3.05) is 35.8 Å². The first-order valence-electron chi connectivity index (χ1n) is 18.1. The number of carbonyl (C=O) groups excluding carboxylic acids is 2. The minimum absolute atomic E-state index is 0.144. The Morgan fingerprint density at radius 1 is 0.860 bits per heavy atom. The van der Waals surface area contributed by atoms with Crippen molar-refractivity contribution >= 4 is 55.6 Å². The van der Waals surface area contributed by atoms with Crippen molar-refractivity contribution in [3.05, 3.63) is 107 Å². The van der Waals surface area contributed by atoms with Crippen LogP contribution in [-0.2, 0) is 26.7 Å². The number of hydrogen-bond donors (Lipinski definition) is 5. The van der Waals surface area contributed by atoms with Crippen LogP contribution in [-0.4, -0.2) is 62.8 Å². The molecule has 1 aromatic heterocycles. The first kappa shape index (κ1) is 42.0. The highest BCUT2D eigenvalue weighted by Gasteiger charge is 2.23. The summed E-state index contributed by atoms with van der Waals surface area (Å²) in [6.07, 6.45) is 3.79. The van der Waals surface area contributed by atoms with Crippen molar-refractivity contribution in [2.24, 2.45) is 5.73 Å². The van der Waals surface area contributed by atoms with E-state index in [4.69, 9.17) is 25.1 Å². The zero-order chi connectivity index (χ0) is 41.5. The van der Waals surface area contributed by atoms with Crippen LogP contribution in [0.15, 0.2) is 85.1 Å². The van der Waals surface area contributed by atoms with Gasteiger partial charge in [0.2, 0.25) is 10.0 Å². The predicted molar refractivity (Wildman–Crippen MR) is 221 cm³/mol. The van der Waals surface area contributed by atoms with Gasteiger partial charge in [-0.15, -0.1) is 0 Å². The lowest BCUT2D eigenvalue weighted by Crippen LogP contribution is -2.29. The molecule has 1 heterocycles. The summed E-state index contributed by atoms with van der Waals surface area (Å²) < 4.78 is 44.2. The molecule has 0 bridgehead atoms. The number of urea groups is 1. The third kappa shape index (κ3) is 11.0. The van der Waals surface area contributed by atoms with Gasteiger partial charge < -0.3 is 35.7 Å². The quantitative estimate of drug-likeness (QED) is 0.0611. The number of nitrogens with zero attached hydrogens (tertiary/aromatic N) is 1. The predicted octanol–water partition coefficient (Wildman–Crippen LogP) is 7.71. The molecule has 6 N–H and O–H groups in total. The van der Waals surface area contributed by atoms with Gasteiger partial charge in [0.05, 0.1) is 43.1 Å². The Morgan fingerprint density at radius 2 is 1.56 bits per heavy atom. The van der Waals surface area contributed by atoms with E-state index in [0.29, 0.717) is 52.4 Å². The van der Waals surface area contributed by atoms with Gasteiger partial charge in [0.25, 0.3) is 0 Å². The van der Waals surface area contributed by atoms with E-state index in [9.17, 15) is 22.8 Å². The average molecular weight is 798 g/mol. The van der Waals surface area contributed by atoms with Crippen molar-refractivity contribution in [1.29, 1.82) is 0 Å². The molecule has 4 aromatic carbocycles. The van der Waals surface area contributed by atoms with Crippen LogP contribution in [0.3, 0.4) is 0 Å². The van der Waals surface area contributed by atoms with Gasteiger partial charge in [-0.1, -0.05) is 51.1 Å². The summed E-state index contributed by atoms with van der Waals surface area (Å²) >= 11 is 0. The molecule has 57 heavy (non-hydrogen) atoms. The number of sulfonamides is 1. The molecule has 0 aliphatic heterocycles. The van der Waals surface area contributed by atoms with Gasteiger partial charge in [0.15, 0.2) is 11.5 Å². The van der Waals surface area contributed by atoms with Gasteiger partial charge in [0, 0.05) is 41.6 Å². The molecule has 0 saturated heterocycles. The van der Waals surface area contributed by atoms with Gasteiger partial charge in [-0.3, -0.25) is 19.3 Å². The van der Waals surface area contributed by atoms with E-state index in [2.05, 4.69) is 20.3 Å². The first-order chi connectivity index (χ1) is 26.9. The third-order valence-corrected chi connectivity index (χ3v) is 9.63. The fraction of sp³-hybridized carbons (Fsp3) is 0.286. The Bertz CT molecular complexity index is 2410. The number of methoxy groups -OCH3 is 2. The number of nitrogens with one attached hydrogen (secondary N) is 3. The standard InChI is InChI=1S/C42H47N5O9S/c1-42(2,3)26-22-34(39(55-5)35(23-26)47-57(6,52)53)46-41(51)45-33-16-17-37(30-11-8-7-10-29(30)33)56-28-18-19-44-27(24-28)20-25-14-15-31(38(21-25)54-4)36(48)13-9-12-32(43)40(49)50/h7-8,10-11,14-19,21-24,32,47H,9,12-13,20,43H2,1-6H3,(H,49,50)(H2,45,46,51)/t32-/m0/s1. The summed E-state index contributed by atoms with van der Waals surface area (Å²) in [5, 5.41) is 16.2. The van der Waals surface area contributed by atoms with E-state index in [-0.39, 0.29) is 41.2 Å². The van der Waals surface area contributed by atoms with E-state index in [0.717, 1.165) is 22.8 Å². The Hall–Kier alpha value is -6.19. The van der Waals surface area contributed by atoms with Crippen LogP contribution in [0.5, 0.6) is 23.0 Å². The largest absolute Gasteiger partial charge is 0.496 e. The molecule has 5 rings (SSSR count). The fourth-order valence-corrected chi connectivity index (χ4v) is 6.72. The summed E-state index contributed by atoms with van der Waals surface area (Å²) in [5.41, 5.74) is 8.91. The molecule has 0 radical (unpaired) electrons. The second kappa shape index (κ2) is 17.7. The highest BCUT2D eigenvalue weighted by atomic mass is 32.2. The van der Waals surface area contributed by atoms with Crippen LogP contribution >= 0.6 is 0 Å². The number of aliphatic carboxylic acids is 1. The number of Topliss-reactive ketones (excluding diaryl/α,β-unsaturated/α-hetero) is 1. The normalized spacial score (nSPS) is 12.1. The lowest BCUT2D eigenvalue weighted by molar-refractivity contribution is -0.138. The maximum absolute atomic E-state index is 13.5. The number of rotatable bonds is 16. The van der Waals surface area contributed by atoms with E-state index in [1.807, 2.05) is 57.2 Å². The Morgan fingerprint density at radius 3 is 2.23 bits per heavy atom. The van der Waals surface area contributed by atoms with E-state index >= 15 is 0 Å². The number of carboxylic acid groups (broad SMARTS) is 1. The van der Waals surface area contributed by atoms with Crippen molar-refractivity contribution in [1.82, 2.24) is 4.98 Å². The lowest BCUT2D eigenvalue weighted by atomic mass is 9.86. The summed E-state index contributed by atoms with van der Waals surface area (Å²) in [5.74, 6) is 0.381. The molecule has 0 aliphatic rings. The van der Waals surface area contributed by atoms with Crippen LogP contribution in [0.4, 0.5) is 21.9 Å². The van der Waals surface area contributed by atoms with Gasteiger partial charge in [-0.05, 0) is 71.8 Å². The number of aromatic nitrogens is 1. The van der Waals surface area contributed by atoms with Crippen LogP contribution in [0.25, 0.3) is 10.8 Å². The number of ketones is 1. The number of ether oxygens (including phenoxy) is 3. The smallest absolute Gasteiger partial charge is 0.323 e. The first-order valence-corrected chi connectivity index (χ1v) is 20.0. The molecule has 5 aromatic rings. The SMILES string of the molecule is COc1cc(Cc2cc(Oc3ccc(NC(=O)Nc4cc(C(C)(C)C)cc(NS(C)(=O)=O)c4OC)c4ccccc34)ccn2)ccc1C(=O)CCC[C@H](N)C(=O)O. The molecule has 0 spiro atoms. The lowest BCUT2D eigenvalue weighted by Gasteiger charge is -2.24. The fourth-order valence-electron chi connectivity index (χ4n) is 6.16. The second-order valence-corrected chi connectivity index (χ2v) is 16.3. The number of hydrogen-bond acceptors (Lipinski definition) is 10. The van der Waals surface area contributed by atoms with Gasteiger partial charge in [-0.2, -0.15) is 0 Å². The summed E-state index contributed by atoms with van der Waals surface area (Å²) in [6.45, 7) is 5.92. The highest BCUT2D eigenvalue weighted by molar-refractivity contribution is 7.92. The molecule has 15 heteroatoms. The highest BCUT2D eigenvalue weighted by Crippen LogP contribution is 2.40. The monoisotopic (exact) mass is 797 g/mol. The van der Waals surface area contributed by atoms with Crippen LogP contribution in [0.1, 0.15) is 67.2 Å².